The summed E-state index contributed by atoms with van der Waals surface area (Å²) in [6, 6.07) is 2.04. The monoisotopic (exact) mass is 359 g/mol. The van der Waals surface area contributed by atoms with Crippen molar-refractivity contribution in [1.82, 2.24) is 14.9 Å². The highest BCUT2D eigenvalue weighted by molar-refractivity contribution is 5.76. The number of nitrogens with one attached hydrogen (secondary N) is 1. The van der Waals surface area contributed by atoms with Gasteiger partial charge in [0, 0.05) is 45.2 Å². The van der Waals surface area contributed by atoms with Crippen LogP contribution in [0.5, 0.6) is 0 Å². The highest BCUT2D eigenvalue weighted by Crippen LogP contribution is 2.26. The van der Waals surface area contributed by atoms with E-state index in [1.54, 1.807) is 6.33 Å². The summed E-state index contributed by atoms with van der Waals surface area (Å²) in [5, 5.41) is 3.25. The fraction of sp³-hybridized carbons (Fsp3) is 0.750. The van der Waals surface area contributed by atoms with Gasteiger partial charge in [-0.25, -0.2) is 9.97 Å². The third kappa shape index (κ3) is 5.32. The zero-order valence-electron chi connectivity index (χ0n) is 16.1. The van der Waals surface area contributed by atoms with Crippen molar-refractivity contribution in [3.63, 3.8) is 0 Å². The molecule has 26 heavy (non-hydrogen) atoms. The number of amides is 1. The summed E-state index contributed by atoms with van der Waals surface area (Å²) in [6.45, 7) is 6.89. The lowest BCUT2D eigenvalue weighted by atomic mass is 9.93. The molecule has 2 aliphatic heterocycles. The molecular weight excluding hydrogens is 326 g/mol. The van der Waals surface area contributed by atoms with Crippen molar-refractivity contribution >= 4 is 17.5 Å². The smallest absolute Gasteiger partial charge is 0.222 e. The molecule has 0 aliphatic carbocycles. The van der Waals surface area contributed by atoms with Gasteiger partial charge in [-0.3, -0.25) is 4.79 Å². The van der Waals surface area contributed by atoms with Gasteiger partial charge < -0.3 is 15.1 Å². The second kappa shape index (κ2) is 9.74. The summed E-state index contributed by atoms with van der Waals surface area (Å²) in [5.74, 6) is 2.83. The third-order valence-electron chi connectivity index (χ3n) is 5.58. The Hall–Kier alpha value is -1.85. The molecule has 1 aromatic heterocycles. The lowest BCUT2D eigenvalue weighted by molar-refractivity contribution is -0.131. The van der Waals surface area contributed by atoms with Crippen LogP contribution in [0, 0.1) is 5.92 Å². The van der Waals surface area contributed by atoms with Crippen LogP contribution in [-0.4, -0.2) is 53.5 Å². The number of likely N-dealkylation sites (tertiary alicyclic amines) is 1. The lowest BCUT2D eigenvalue weighted by Gasteiger charge is -2.34. The van der Waals surface area contributed by atoms with Crippen molar-refractivity contribution in [2.45, 2.75) is 58.3 Å². The Morgan fingerprint density at radius 2 is 1.96 bits per heavy atom. The summed E-state index contributed by atoms with van der Waals surface area (Å²) < 4.78 is 0. The molecular formula is C20H33N5O. The van der Waals surface area contributed by atoms with Crippen molar-refractivity contribution in [1.29, 1.82) is 0 Å². The Balaban J connectivity index is 1.50. The molecule has 144 valence electrons. The molecule has 0 aromatic carbocycles. The highest BCUT2D eigenvalue weighted by atomic mass is 16.2. The minimum atomic E-state index is 0.362. The second-order valence-corrected chi connectivity index (χ2v) is 7.58. The molecule has 2 fully saturated rings. The van der Waals surface area contributed by atoms with Crippen molar-refractivity contribution in [2.24, 2.45) is 5.92 Å². The van der Waals surface area contributed by atoms with Crippen LogP contribution in [-0.2, 0) is 4.79 Å². The molecule has 0 saturated carbocycles. The minimum Gasteiger partial charge on any atom is -0.370 e. The van der Waals surface area contributed by atoms with E-state index in [0.29, 0.717) is 18.2 Å². The van der Waals surface area contributed by atoms with Crippen molar-refractivity contribution < 1.29 is 4.79 Å². The van der Waals surface area contributed by atoms with E-state index in [-0.39, 0.29) is 0 Å². The SMILES string of the molecule is CCNc1cc(N2CCC[C@@H](CCC(=O)N3CCCCCC3)C2)ncn1. The molecule has 6 heteroatoms. The first-order valence-corrected chi connectivity index (χ1v) is 10.3. The summed E-state index contributed by atoms with van der Waals surface area (Å²) >= 11 is 0. The average molecular weight is 360 g/mol. The van der Waals surface area contributed by atoms with Gasteiger partial charge in [0.2, 0.25) is 5.91 Å². The fourth-order valence-corrected chi connectivity index (χ4v) is 4.11. The summed E-state index contributed by atoms with van der Waals surface area (Å²) in [7, 11) is 0. The van der Waals surface area contributed by atoms with E-state index in [1.807, 2.05) is 6.07 Å². The topological polar surface area (TPSA) is 61.4 Å². The van der Waals surface area contributed by atoms with Crippen LogP contribution in [0.15, 0.2) is 12.4 Å². The van der Waals surface area contributed by atoms with Crippen LogP contribution >= 0.6 is 0 Å². The summed E-state index contributed by atoms with van der Waals surface area (Å²) in [6.07, 6.45) is 10.6. The molecule has 3 heterocycles. The Morgan fingerprint density at radius 3 is 2.73 bits per heavy atom. The van der Waals surface area contributed by atoms with E-state index in [4.69, 9.17) is 0 Å². The fourth-order valence-electron chi connectivity index (χ4n) is 4.11. The number of rotatable bonds is 6. The predicted octanol–water partition coefficient (Wildman–Crippen LogP) is 3.31. The first kappa shape index (κ1) is 18.9. The Kier molecular flexibility index (Phi) is 7.09. The number of hydrogen-bond acceptors (Lipinski definition) is 5. The average Bonchev–Trinajstić information content (AvgIpc) is 2.96. The number of anilines is 2. The van der Waals surface area contributed by atoms with E-state index in [1.165, 1.54) is 38.5 Å². The molecule has 2 saturated heterocycles. The van der Waals surface area contributed by atoms with Gasteiger partial charge in [0.15, 0.2) is 0 Å². The zero-order chi connectivity index (χ0) is 18.2. The van der Waals surface area contributed by atoms with Crippen LogP contribution in [0.1, 0.15) is 58.3 Å². The molecule has 0 spiro atoms. The van der Waals surface area contributed by atoms with Gasteiger partial charge in [-0.15, -0.1) is 0 Å². The maximum Gasteiger partial charge on any atom is 0.222 e. The molecule has 1 atom stereocenters. The summed E-state index contributed by atoms with van der Waals surface area (Å²) in [4.78, 5) is 25.7. The van der Waals surface area contributed by atoms with Crippen LogP contribution < -0.4 is 10.2 Å². The van der Waals surface area contributed by atoms with Gasteiger partial charge in [-0.05, 0) is 44.9 Å². The van der Waals surface area contributed by atoms with Crippen molar-refractivity contribution in [3.8, 4) is 0 Å². The Morgan fingerprint density at radius 1 is 1.15 bits per heavy atom. The number of aromatic nitrogens is 2. The quantitative estimate of drug-likeness (QED) is 0.844. The Bertz CT molecular complexity index is 571. The van der Waals surface area contributed by atoms with Crippen molar-refractivity contribution in [3.05, 3.63) is 12.4 Å². The third-order valence-corrected chi connectivity index (χ3v) is 5.58. The van der Waals surface area contributed by atoms with Gasteiger partial charge >= 0.3 is 0 Å². The molecule has 0 bridgehead atoms. The van der Waals surface area contributed by atoms with Gasteiger partial charge in [0.1, 0.15) is 18.0 Å². The van der Waals surface area contributed by atoms with E-state index in [2.05, 4.69) is 32.0 Å². The molecule has 1 aromatic rings. The number of carbonyl (C=O) groups is 1. The maximum atomic E-state index is 12.5. The highest BCUT2D eigenvalue weighted by Gasteiger charge is 2.23. The predicted molar refractivity (Wildman–Crippen MR) is 105 cm³/mol. The molecule has 0 radical (unpaired) electrons. The molecule has 0 unspecified atom stereocenters. The second-order valence-electron chi connectivity index (χ2n) is 7.58. The van der Waals surface area contributed by atoms with Crippen LogP contribution in [0.25, 0.3) is 0 Å². The molecule has 6 nitrogen and oxygen atoms in total. The van der Waals surface area contributed by atoms with E-state index >= 15 is 0 Å². The normalized spacial score (nSPS) is 21.3. The van der Waals surface area contributed by atoms with Crippen molar-refractivity contribution in [2.75, 3.05) is 42.9 Å². The maximum absolute atomic E-state index is 12.5. The standard InChI is InChI=1S/C20H33N5O/c1-2-21-18-14-19(23-16-22-18)25-13-7-8-17(15-25)9-10-20(26)24-11-5-3-4-6-12-24/h14,16-17H,2-13,15H2,1H3,(H,21,22,23)/t17-/m0/s1. The lowest BCUT2D eigenvalue weighted by Crippen LogP contribution is -2.37. The van der Waals surface area contributed by atoms with E-state index < -0.39 is 0 Å². The summed E-state index contributed by atoms with van der Waals surface area (Å²) in [5.41, 5.74) is 0. The van der Waals surface area contributed by atoms with Crippen LogP contribution in [0.2, 0.25) is 0 Å². The molecule has 3 rings (SSSR count). The van der Waals surface area contributed by atoms with Gasteiger partial charge in [-0.1, -0.05) is 12.8 Å². The molecule has 1 N–H and O–H groups in total. The molecule has 2 aliphatic rings. The largest absolute Gasteiger partial charge is 0.370 e. The minimum absolute atomic E-state index is 0.362. The number of piperidine rings is 1. The first-order valence-electron chi connectivity index (χ1n) is 10.3. The zero-order valence-corrected chi connectivity index (χ0v) is 16.1. The number of hydrogen-bond donors (Lipinski definition) is 1. The first-order chi connectivity index (χ1) is 12.8. The Labute approximate surface area is 157 Å². The van der Waals surface area contributed by atoms with Crippen LogP contribution in [0.3, 0.4) is 0 Å². The van der Waals surface area contributed by atoms with E-state index in [0.717, 1.165) is 50.8 Å². The van der Waals surface area contributed by atoms with Gasteiger partial charge in [0.05, 0.1) is 0 Å². The number of carbonyl (C=O) groups excluding carboxylic acids is 1. The molecule has 1 amide bonds. The number of nitrogens with zero attached hydrogens (tertiary/aromatic N) is 4. The van der Waals surface area contributed by atoms with Crippen LogP contribution in [0.4, 0.5) is 11.6 Å². The van der Waals surface area contributed by atoms with E-state index in [9.17, 15) is 4.79 Å². The van der Waals surface area contributed by atoms with Gasteiger partial charge in [-0.2, -0.15) is 0 Å². The van der Waals surface area contributed by atoms with Gasteiger partial charge in [0.25, 0.3) is 0 Å².